The number of rotatable bonds is 3. The van der Waals surface area contributed by atoms with Crippen LogP contribution in [-0.4, -0.2) is 15.0 Å². The first kappa shape index (κ1) is 19.2. The van der Waals surface area contributed by atoms with E-state index in [4.69, 9.17) is 4.98 Å². The highest BCUT2D eigenvalue weighted by molar-refractivity contribution is 5.99. The Hall–Kier alpha value is -3.14. The Labute approximate surface area is 172 Å². The predicted octanol–water partition coefficient (Wildman–Crippen LogP) is 5.23. The average molecular weight is 384 g/mol. The lowest BCUT2D eigenvalue weighted by Crippen LogP contribution is -2.32. The van der Waals surface area contributed by atoms with Crippen molar-refractivity contribution in [2.75, 3.05) is 0 Å². The largest absolute Gasteiger partial charge is 0.287 e. The van der Waals surface area contributed by atoms with Gasteiger partial charge in [0.2, 0.25) is 0 Å². The van der Waals surface area contributed by atoms with Crippen LogP contribution in [0, 0.1) is 20.8 Å². The maximum atomic E-state index is 4.78. The lowest BCUT2D eigenvalue weighted by Gasteiger charge is -2.13. The van der Waals surface area contributed by atoms with Gasteiger partial charge in [-0.1, -0.05) is 31.5 Å². The maximum Gasteiger partial charge on any atom is 0.287 e. The summed E-state index contributed by atoms with van der Waals surface area (Å²) in [4.78, 5) is 13.9. The summed E-state index contributed by atoms with van der Waals surface area (Å²) >= 11 is 0. The highest BCUT2D eigenvalue weighted by atomic mass is 15.0. The summed E-state index contributed by atoms with van der Waals surface area (Å²) in [7, 11) is 2.06. The van der Waals surface area contributed by atoms with E-state index < -0.39 is 0 Å². The summed E-state index contributed by atoms with van der Waals surface area (Å²) in [6, 6.07) is 10.9. The normalized spacial score (nSPS) is 11.4. The number of benzene rings is 2. The molecule has 2 aromatic heterocycles. The second-order valence-corrected chi connectivity index (χ2v) is 8.14. The third-order valence-corrected chi connectivity index (χ3v) is 5.57. The Balaban J connectivity index is 1.98. The fraction of sp³-hybridized carbons (Fsp3) is 0.280. The van der Waals surface area contributed by atoms with Gasteiger partial charge in [-0.25, -0.2) is 14.5 Å². The van der Waals surface area contributed by atoms with Gasteiger partial charge in [0.25, 0.3) is 6.33 Å². The van der Waals surface area contributed by atoms with Gasteiger partial charge in [-0.3, -0.25) is 0 Å². The van der Waals surface area contributed by atoms with Crippen LogP contribution in [0.15, 0.2) is 49.1 Å². The molecule has 29 heavy (non-hydrogen) atoms. The zero-order chi connectivity index (χ0) is 20.7. The Kier molecular flexibility index (Phi) is 4.87. The number of hydrogen-bond acceptors (Lipinski definition) is 3. The number of fused-ring (bicyclic) bond motifs is 1. The molecule has 0 fully saturated rings. The zero-order valence-electron chi connectivity index (χ0n) is 18.0. The van der Waals surface area contributed by atoms with Gasteiger partial charge >= 0.3 is 0 Å². The highest BCUT2D eigenvalue weighted by Crippen LogP contribution is 2.33. The smallest absolute Gasteiger partial charge is 0.240 e. The summed E-state index contributed by atoms with van der Waals surface area (Å²) in [6.45, 7) is 10.7. The molecule has 0 aliphatic carbocycles. The van der Waals surface area contributed by atoms with Crippen LogP contribution >= 0.6 is 0 Å². The monoisotopic (exact) mass is 383 g/mol. The summed E-state index contributed by atoms with van der Waals surface area (Å²) in [5.41, 5.74) is 9.32. The molecule has 0 atom stereocenters. The molecule has 0 radical (unpaired) electrons. The van der Waals surface area contributed by atoms with Crippen LogP contribution in [-0.2, 0) is 7.05 Å². The van der Waals surface area contributed by atoms with Gasteiger partial charge in [-0.05, 0) is 55.1 Å². The molecule has 2 aromatic carbocycles. The minimum Gasteiger partial charge on any atom is -0.240 e. The van der Waals surface area contributed by atoms with Crippen LogP contribution in [0.25, 0.3) is 33.3 Å². The number of hydrogen-bond donors (Lipinski definition) is 0. The van der Waals surface area contributed by atoms with Crippen molar-refractivity contribution in [1.82, 2.24) is 15.0 Å². The molecular formula is C25H27N4+. The molecule has 0 saturated carbocycles. The molecule has 0 aliphatic rings. The van der Waals surface area contributed by atoms with Crippen molar-refractivity contribution in [2.45, 2.75) is 40.5 Å². The fourth-order valence-corrected chi connectivity index (χ4v) is 3.89. The molecule has 0 bridgehead atoms. The van der Waals surface area contributed by atoms with Crippen LogP contribution in [0.1, 0.15) is 42.3 Å². The first-order valence-corrected chi connectivity index (χ1v) is 10.0. The van der Waals surface area contributed by atoms with Gasteiger partial charge in [0, 0.05) is 35.0 Å². The van der Waals surface area contributed by atoms with Crippen molar-refractivity contribution < 1.29 is 4.57 Å². The molecule has 0 unspecified atom stereocenters. The van der Waals surface area contributed by atoms with E-state index in [-0.39, 0.29) is 0 Å². The van der Waals surface area contributed by atoms with E-state index in [1.165, 1.54) is 27.9 Å². The molecule has 0 spiro atoms. The molecule has 146 valence electrons. The maximum absolute atomic E-state index is 4.78. The van der Waals surface area contributed by atoms with E-state index in [2.05, 4.69) is 86.5 Å². The third-order valence-electron chi connectivity index (χ3n) is 5.57. The van der Waals surface area contributed by atoms with E-state index in [1.807, 2.05) is 18.7 Å². The molecule has 0 aliphatic heterocycles. The van der Waals surface area contributed by atoms with Gasteiger partial charge in [-0.2, -0.15) is 0 Å². The molecule has 4 rings (SSSR count). The van der Waals surface area contributed by atoms with E-state index >= 15 is 0 Å². The second kappa shape index (κ2) is 7.36. The quantitative estimate of drug-likeness (QED) is 0.455. The summed E-state index contributed by atoms with van der Waals surface area (Å²) in [5.74, 6) is 1.17. The van der Waals surface area contributed by atoms with Gasteiger partial charge in [0.05, 0.1) is 12.4 Å². The molecule has 4 heteroatoms. The van der Waals surface area contributed by atoms with Crippen molar-refractivity contribution in [3.05, 3.63) is 71.6 Å². The van der Waals surface area contributed by atoms with E-state index in [0.29, 0.717) is 5.92 Å². The third kappa shape index (κ3) is 3.39. The van der Waals surface area contributed by atoms with Gasteiger partial charge in [0.1, 0.15) is 11.5 Å². The van der Waals surface area contributed by atoms with E-state index in [9.17, 15) is 0 Å². The SMILES string of the molecule is Cc1cc(C)c(C)c(-c2c3cccc(-c4cnc(C(C)C)nc4)c3nc[n+]2C)c1. The first-order valence-electron chi connectivity index (χ1n) is 10.0. The number of aryl methyl sites for hydroxylation is 3. The minimum absolute atomic E-state index is 0.313. The fourth-order valence-electron chi connectivity index (χ4n) is 3.89. The van der Waals surface area contributed by atoms with Gasteiger partial charge < -0.3 is 0 Å². The Bertz CT molecular complexity index is 1210. The molecule has 4 nitrogen and oxygen atoms in total. The van der Waals surface area contributed by atoms with Crippen molar-refractivity contribution in [2.24, 2.45) is 7.05 Å². The molecule has 0 amide bonds. The van der Waals surface area contributed by atoms with Crippen LogP contribution in [0.5, 0.6) is 0 Å². The molecule has 0 saturated heterocycles. The van der Waals surface area contributed by atoms with Crippen molar-refractivity contribution in [1.29, 1.82) is 0 Å². The summed E-state index contributed by atoms with van der Waals surface area (Å²) in [5, 5.41) is 1.13. The van der Waals surface area contributed by atoms with E-state index in [1.54, 1.807) is 0 Å². The second-order valence-electron chi connectivity index (χ2n) is 8.14. The van der Waals surface area contributed by atoms with Crippen molar-refractivity contribution in [3.63, 3.8) is 0 Å². The number of para-hydroxylation sites is 1. The van der Waals surface area contributed by atoms with Crippen LogP contribution in [0.3, 0.4) is 0 Å². The Morgan fingerprint density at radius 2 is 1.62 bits per heavy atom. The van der Waals surface area contributed by atoms with E-state index in [0.717, 1.165) is 27.9 Å². The highest BCUT2D eigenvalue weighted by Gasteiger charge is 2.20. The molecular weight excluding hydrogens is 356 g/mol. The van der Waals surface area contributed by atoms with Crippen LogP contribution < -0.4 is 4.57 Å². The zero-order valence-corrected chi connectivity index (χ0v) is 18.0. The van der Waals surface area contributed by atoms with Gasteiger partial charge in [0.15, 0.2) is 5.52 Å². The lowest BCUT2D eigenvalue weighted by atomic mass is 9.94. The summed E-state index contributed by atoms with van der Waals surface area (Å²) in [6.07, 6.45) is 5.72. The standard InChI is InChI=1S/C25H27N4/c1-15(2)25-26-12-19(13-27-25)20-8-7-9-21-23(20)28-14-29(6)24(21)22-11-16(3)10-17(4)18(22)5/h7-15H,1-6H3/q+1. The summed E-state index contributed by atoms with van der Waals surface area (Å²) < 4.78 is 2.12. The average Bonchev–Trinajstić information content (AvgIpc) is 2.70. The first-order chi connectivity index (χ1) is 13.9. The van der Waals surface area contributed by atoms with Crippen LogP contribution in [0.4, 0.5) is 0 Å². The Morgan fingerprint density at radius 1 is 0.897 bits per heavy atom. The minimum atomic E-state index is 0.313. The number of aromatic nitrogens is 4. The van der Waals surface area contributed by atoms with Crippen molar-refractivity contribution >= 4 is 10.9 Å². The molecule has 2 heterocycles. The van der Waals surface area contributed by atoms with Gasteiger partial charge in [-0.15, -0.1) is 0 Å². The number of nitrogens with zero attached hydrogens (tertiary/aromatic N) is 4. The predicted molar refractivity (Wildman–Crippen MR) is 118 cm³/mol. The van der Waals surface area contributed by atoms with Crippen molar-refractivity contribution in [3.8, 4) is 22.4 Å². The van der Waals surface area contributed by atoms with Crippen LogP contribution in [0.2, 0.25) is 0 Å². The molecule has 4 aromatic rings. The topological polar surface area (TPSA) is 42.6 Å². The lowest BCUT2D eigenvalue weighted by molar-refractivity contribution is -0.662. The Morgan fingerprint density at radius 3 is 2.31 bits per heavy atom. The molecule has 0 N–H and O–H groups in total.